The van der Waals surface area contributed by atoms with Gasteiger partial charge in [0.1, 0.15) is 23.1 Å². The third-order valence-electron chi connectivity index (χ3n) is 6.18. The molecule has 0 fully saturated rings. The van der Waals surface area contributed by atoms with Crippen LogP contribution in [-0.2, 0) is 0 Å². The summed E-state index contributed by atoms with van der Waals surface area (Å²) in [6.07, 6.45) is 3.38. The topological polar surface area (TPSA) is 72.8 Å². The highest BCUT2D eigenvalue weighted by atomic mass is 32.1. The highest BCUT2D eigenvalue weighted by Gasteiger charge is 2.22. The van der Waals surface area contributed by atoms with E-state index in [4.69, 9.17) is 5.10 Å². The molecule has 0 saturated heterocycles. The number of thiophene rings is 1. The molecule has 9 heteroatoms. The van der Waals surface area contributed by atoms with Gasteiger partial charge in [-0.25, -0.2) is 4.68 Å². The Hall–Kier alpha value is -4.81. The minimum absolute atomic E-state index is 0.0265. The van der Waals surface area contributed by atoms with Crippen molar-refractivity contribution in [2.45, 2.75) is 20.5 Å². The number of benzene rings is 2. The number of alkyl halides is 2. The Morgan fingerprint density at radius 2 is 1.79 bits per heavy atom. The van der Waals surface area contributed by atoms with E-state index in [1.54, 1.807) is 42.1 Å². The van der Waals surface area contributed by atoms with Gasteiger partial charge in [0.25, 0.3) is 0 Å². The van der Waals surface area contributed by atoms with Crippen LogP contribution in [-0.4, -0.2) is 26.7 Å². The number of Topliss-reactive ketones (excluding diaryl/α,β-unsaturated/α-hetero) is 1. The van der Waals surface area contributed by atoms with E-state index >= 15 is 0 Å². The van der Waals surface area contributed by atoms with E-state index in [0.717, 1.165) is 16.3 Å². The van der Waals surface area contributed by atoms with Crippen LogP contribution in [0.5, 0.6) is 5.75 Å². The monoisotopic (exact) mass is 540 g/mol. The predicted molar refractivity (Wildman–Crippen MR) is 147 cm³/mol. The molecule has 194 valence electrons. The van der Waals surface area contributed by atoms with Crippen LogP contribution >= 0.6 is 11.3 Å². The van der Waals surface area contributed by atoms with E-state index < -0.39 is 12.4 Å². The highest BCUT2D eigenvalue weighted by molar-refractivity contribution is 7.13. The number of aromatic nitrogens is 3. The summed E-state index contributed by atoms with van der Waals surface area (Å²) >= 11 is 1.52. The van der Waals surface area contributed by atoms with Gasteiger partial charge >= 0.3 is 6.61 Å². The molecule has 0 atom stereocenters. The molecule has 39 heavy (non-hydrogen) atoms. The summed E-state index contributed by atoms with van der Waals surface area (Å²) in [4.78, 5) is 14.5. The zero-order chi connectivity index (χ0) is 27.5. The van der Waals surface area contributed by atoms with Gasteiger partial charge in [-0.05, 0) is 73.8 Å². The van der Waals surface area contributed by atoms with E-state index in [1.807, 2.05) is 59.3 Å². The van der Waals surface area contributed by atoms with Gasteiger partial charge in [0, 0.05) is 34.4 Å². The lowest BCUT2D eigenvalue weighted by atomic mass is 10.0. The lowest BCUT2D eigenvalue weighted by molar-refractivity contribution is -0.0498. The smallest absolute Gasteiger partial charge is 0.387 e. The predicted octanol–water partition coefficient (Wildman–Crippen LogP) is 7.40. The number of nitrogens with zero attached hydrogens (tertiary/aromatic N) is 4. The fraction of sp³-hybridized carbons (Fsp3) is 0.100. The van der Waals surface area contributed by atoms with Crippen LogP contribution in [0.4, 0.5) is 8.78 Å². The Kier molecular flexibility index (Phi) is 7.21. The van der Waals surface area contributed by atoms with Gasteiger partial charge in [0.2, 0.25) is 5.78 Å². The Bertz CT molecular complexity index is 1690. The van der Waals surface area contributed by atoms with Crippen LogP contribution in [0.1, 0.15) is 27.3 Å². The summed E-state index contributed by atoms with van der Waals surface area (Å²) in [5.74, 6) is -0.376. The fourth-order valence-corrected chi connectivity index (χ4v) is 5.16. The van der Waals surface area contributed by atoms with Gasteiger partial charge in [0.15, 0.2) is 0 Å². The summed E-state index contributed by atoms with van der Waals surface area (Å²) in [6, 6.07) is 23.4. The Morgan fingerprint density at radius 1 is 1.05 bits per heavy atom. The first kappa shape index (κ1) is 25.8. The Morgan fingerprint density at radius 3 is 2.44 bits per heavy atom. The number of nitriles is 1. The third-order valence-corrected chi connectivity index (χ3v) is 7.06. The number of hydrogen-bond donors (Lipinski definition) is 0. The standard InChI is InChI=1S/C30H22F2N4O2S/c1-19-15-26(20(2)36(19)24-10-12-25(13-11-24)38-30(31)32)29(37)21(17-33)16-22-18-35(23-7-4-3-5-8-23)34-28(22)27-9-6-14-39-27/h3-16,18,30H,1-2H3. The van der Waals surface area contributed by atoms with Gasteiger partial charge in [0.05, 0.1) is 10.6 Å². The molecular weight excluding hydrogens is 518 g/mol. The van der Waals surface area contributed by atoms with Crippen LogP contribution in [0.2, 0.25) is 0 Å². The number of allylic oxidation sites excluding steroid dienone is 1. The van der Waals surface area contributed by atoms with E-state index in [1.165, 1.54) is 23.5 Å². The van der Waals surface area contributed by atoms with Crippen molar-refractivity contribution in [3.05, 3.63) is 112 Å². The maximum Gasteiger partial charge on any atom is 0.387 e. The SMILES string of the molecule is Cc1cc(C(=O)C(C#N)=Cc2cn(-c3ccccc3)nc2-c2cccs2)c(C)n1-c1ccc(OC(F)F)cc1. The normalized spacial score (nSPS) is 11.5. The highest BCUT2D eigenvalue weighted by Crippen LogP contribution is 2.31. The molecule has 3 aromatic heterocycles. The first-order chi connectivity index (χ1) is 18.9. The molecule has 0 aliphatic heterocycles. The fourth-order valence-electron chi connectivity index (χ4n) is 4.43. The summed E-state index contributed by atoms with van der Waals surface area (Å²) in [5.41, 5.74) is 4.58. The summed E-state index contributed by atoms with van der Waals surface area (Å²) in [5, 5.41) is 16.7. The first-order valence-corrected chi connectivity index (χ1v) is 12.8. The van der Waals surface area contributed by atoms with Gasteiger partial charge in [-0.2, -0.15) is 19.1 Å². The van der Waals surface area contributed by atoms with Gasteiger partial charge in [-0.3, -0.25) is 4.79 Å². The number of carbonyl (C=O) groups excluding carboxylic acids is 1. The Labute approximate surface area is 227 Å². The second-order valence-electron chi connectivity index (χ2n) is 8.68. The summed E-state index contributed by atoms with van der Waals surface area (Å²) < 4.78 is 33.0. The van der Waals surface area contributed by atoms with Crippen molar-refractivity contribution in [1.82, 2.24) is 14.3 Å². The minimum atomic E-state index is -2.91. The third kappa shape index (κ3) is 5.28. The zero-order valence-electron chi connectivity index (χ0n) is 21.0. The number of ketones is 1. The number of rotatable bonds is 8. The van der Waals surface area contributed by atoms with E-state index in [-0.39, 0.29) is 11.3 Å². The zero-order valence-corrected chi connectivity index (χ0v) is 21.8. The lowest BCUT2D eigenvalue weighted by Gasteiger charge is -2.11. The quantitative estimate of drug-likeness (QED) is 0.117. The number of aryl methyl sites for hydroxylation is 1. The molecule has 0 radical (unpaired) electrons. The first-order valence-electron chi connectivity index (χ1n) is 12.0. The molecule has 0 spiro atoms. The second-order valence-corrected chi connectivity index (χ2v) is 9.63. The van der Waals surface area contributed by atoms with E-state index in [2.05, 4.69) is 10.8 Å². The number of hydrogen-bond acceptors (Lipinski definition) is 5. The van der Waals surface area contributed by atoms with Crippen molar-refractivity contribution in [3.63, 3.8) is 0 Å². The number of halogens is 2. The van der Waals surface area contributed by atoms with Gasteiger partial charge in [-0.15, -0.1) is 11.3 Å². The van der Waals surface area contributed by atoms with Crippen molar-refractivity contribution in [3.8, 4) is 33.8 Å². The Balaban J connectivity index is 1.52. The van der Waals surface area contributed by atoms with Crippen LogP contribution in [0.25, 0.3) is 28.0 Å². The largest absolute Gasteiger partial charge is 0.435 e. The molecule has 2 aromatic carbocycles. The van der Waals surface area contributed by atoms with E-state index in [9.17, 15) is 18.8 Å². The molecule has 5 aromatic rings. The molecule has 0 amide bonds. The number of ether oxygens (including phenoxy) is 1. The molecule has 0 aliphatic rings. The molecule has 0 bridgehead atoms. The van der Waals surface area contributed by atoms with E-state index in [0.29, 0.717) is 28.2 Å². The van der Waals surface area contributed by atoms with Crippen molar-refractivity contribution < 1.29 is 18.3 Å². The van der Waals surface area contributed by atoms with Crippen LogP contribution in [0, 0.1) is 25.2 Å². The number of para-hydroxylation sites is 1. The molecule has 0 unspecified atom stereocenters. The molecule has 5 rings (SSSR count). The lowest BCUT2D eigenvalue weighted by Crippen LogP contribution is -2.06. The molecule has 0 N–H and O–H groups in total. The molecule has 0 aliphatic carbocycles. The van der Waals surface area contributed by atoms with Crippen molar-refractivity contribution in [1.29, 1.82) is 5.26 Å². The average Bonchev–Trinajstić information content (AvgIpc) is 3.67. The summed E-state index contributed by atoms with van der Waals surface area (Å²) in [6.45, 7) is 0.706. The average molecular weight is 541 g/mol. The van der Waals surface area contributed by atoms with Crippen molar-refractivity contribution in [2.24, 2.45) is 0 Å². The van der Waals surface area contributed by atoms with Gasteiger partial charge < -0.3 is 9.30 Å². The number of carbonyl (C=O) groups is 1. The van der Waals surface area contributed by atoms with Crippen molar-refractivity contribution in [2.75, 3.05) is 0 Å². The van der Waals surface area contributed by atoms with Crippen molar-refractivity contribution >= 4 is 23.2 Å². The van der Waals surface area contributed by atoms with Crippen LogP contribution in [0.3, 0.4) is 0 Å². The molecule has 3 heterocycles. The molecule has 0 saturated carbocycles. The van der Waals surface area contributed by atoms with Crippen LogP contribution in [0.15, 0.2) is 89.9 Å². The maximum atomic E-state index is 13.6. The van der Waals surface area contributed by atoms with Gasteiger partial charge in [-0.1, -0.05) is 24.3 Å². The van der Waals surface area contributed by atoms with Crippen LogP contribution < -0.4 is 4.74 Å². The minimum Gasteiger partial charge on any atom is -0.435 e. The molecular formula is C30H22F2N4O2S. The molecule has 6 nitrogen and oxygen atoms in total. The second kappa shape index (κ2) is 10.9. The maximum absolute atomic E-state index is 13.6. The summed E-state index contributed by atoms with van der Waals surface area (Å²) in [7, 11) is 0.